The average molecular weight is 373 g/mol. The van der Waals surface area contributed by atoms with Gasteiger partial charge < -0.3 is 10.1 Å². The second-order valence-electron chi connectivity index (χ2n) is 6.72. The van der Waals surface area contributed by atoms with Gasteiger partial charge in [0.2, 0.25) is 0 Å². The highest BCUT2D eigenvalue weighted by atomic mass is 32.1. The van der Waals surface area contributed by atoms with Crippen LogP contribution in [0.25, 0.3) is 21.3 Å². The van der Waals surface area contributed by atoms with E-state index in [2.05, 4.69) is 52.8 Å². The summed E-state index contributed by atoms with van der Waals surface area (Å²) in [7, 11) is 0. The molecule has 1 N–H and O–H groups in total. The molecule has 0 radical (unpaired) electrons. The summed E-state index contributed by atoms with van der Waals surface area (Å²) in [5, 5.41) is 4.41. The van der Waals surface area contributed by atoms with E-state index in [0.29, 0.717) is 6.61 Å². The van der Waals surface area contributed by atoms with Crippen molar-refractivity contribution in [3.05, 3.63) is 78.1 Å². The van der Waals surface area contributed by atoms with Gasteiger partial charge in [0.05, 0.1) is 22.9 Å². The van der Waals surface area contributed by atoms with Crippen LogP contribution in [0.5, 0.6) is 0 Å². The molecule has 1 aliphatic rings. The fourth-order valence-electron chi connectivity index (χ4n) is 3.47. The van der Waals surface area contributed by atoms with Gasteiger partial charge in [-0.15, -0.1) is 0 Å². The molecule has 2 aromatic carbocycles. The molecule has 0 aliphatic carbocycles. The third-order valence-electron chi connectivity index (χ3n) is 4.92. The van der Waals surface area contributed by atoms with Crippen LogP contribution in [0.3, 0.4) is 0 Å². The number of nitrogens with one attached hydrogen (secondary N) is 1. The second-order valence-corrected chi connectivity index (χ2v) is 7.75. The average Bonchev–Trinajstić information content (AvgIpc) is 3.15. The van der Waals surface area contributed by atoms with E-state index in [9.17, 15) is 0 Å². The minimum absolute atomic E-state index is 0.180. The molecule has 5 heteroatoms. The van der Waals surface area contributed by atoms with E-state index >= 15 is 0 Å². The maximum absolute atomic E-state index is 5.99. The van der Waals surface area contributed by atoms with Gasteiger partial charge in [-0.05, 0) is 46.5 Å². The number of ether oxygens (including phenoxy) is 1. The number of hydrogen-bond donors (Lipinski definition) is 1. The van der Waals surface area contributed by atoms with Crippen molar-refractivity contribution >= 4 is 26.7 Å². The highest BCUT2D eigenvalue weighted by molar-refractivity contribution is 7.22. The van der Waals surface area contributed by atoms with Gasteiger partial charge in [-0.1, -0.05) is 41.7 Å². The quantitative estimate of drug-likeness (QED) is 0.552. The Kier molecular flexibility index (Phi) is 4.32. The summed E-state index contributed by atoms with van der Waals surface area (Å²) in [6, 6.07) is 19.0. The standard InChI is InChI=1S/C22H19N3OS/c1-2-4-18-14-26-19(11-16(18)3-1)13-24-22-25-20-6-5-17(12-21(20)27-22)15-7-9-23-10-8-15/h1-10,12,19H,11,13-14H2,(H,24,25). The largest absolute Gasteiger partial charge is 0.371 e. The van der Waals surface area contributed by atoms with Gasteiger partial charge in [-0.2, -0.15) is 0 Å². The second kappa shape index (κ2) is 7.10. The van der Waals surface area contributed by atoms with Gasteiger partial charge in [0.25, 0.3) is 0 Å². The molecule has 0 saturated carbocycles. The van der Waals surface area contributed by atoms with Gasteiger partial charge in [0, 0.05) is 25.4 Å². The first-order valence-corrected chi connectivity index (χ1v) is 9.90. The van der Waals surface area contributed by atoms with E-state index in [1.807, 2.05) is 24.5 Å². The Morgan fingerprint density at radius 1 is 1.00 bits per heavy atom. The summed E-state index contributed by atoms with van der Waals surface area (Å²) in [4.78, 5) is 8.80. The van der Waals surface area contributed by atoms with Crippen LogP contribution in [0.15, 0.2) is 67.0 Å². The Balaban J connectivity index is 1.30. The van der Waals surface area contributed by atoms with Gasteiger partial charge in [-0.25, -0.2) is 4.98 Å². The van der Waals surface area contributed by atoms with Gasteiger partial charge in [0.1, 0.15) is 0 Å². The number of hydrogen-bond acceptors (Lipinski definition) is 5. The molecule has 5 rings (SSSR count). The third-order valence-corrected chi connectivity index (χ3v) is 5.90. The Hall–Kier alpha value is -2.76. The number of aromatic nitrogens is 2. The van der Waals surface area contributed by atoms with Crippen LogP contribution in [-0.4, -0.2) is 22.6 Å². The summed E-state index contributed by atoms with van der Waals surface area (Å²) in [5.41, 5.74) is 6.07. The zero-order chi connectivity index (χ0) is 18.1. The van der Waals surface area contributed by atoms with Crippen molar-refractivity contribution in [3.63, 3.8) is 0 Å². The molecule has 0 amide bonds. The lowest BCUT2D eigenvalue weighted by Crippen LogP contribution is -2.29. The zero-order valence-electron chi connectivity index (χ0n) is 14.8. The van der Waals surface area contributed by atoms with E-state index in [-0.39, 0.29) is 6.10 Å². The predicted octanol–water partition coefficient (Wildman–Crippen LogP) is 4.91. The molecule has 134 valence electrons. The molecule has 4 nitrogen and oxygen atoms in total. The Morgan fingerprint density at radius 2 is 1.85 bits per heavy atom. The monoisotopic (exact) mass is 373 g/mol. The van der Waals surface area contributed by atoms with Crippen molar-refractivity contribution < 1.29 is 4.74 Å². The highest BCUT2D eigenvalue weighted by Crippen LogP contribution is 2.30. The molecule has 0 spiro atoms. The molecule has 0 bridgehead atoms. The molecule has 1 atom stereocenters. The molecule has 1 unspecified atom stereocenters. The maximum Gasteiger partial charge on any atom is 0.183 e. The molecule has 0 fully saturated rings. The molecule has 2 aromatic heterocycles. The van der Waals surface area contributed by atoms with Crippen molar-refractivity contribution in [1.82, 2.24) is 9.97 Å². The van der Waals surface area contributed by atoms with Crippen molar-refractivity contribution in [3.8, 4) is 11.1 Å². The number of pyridine rings is 1. The number of nitrogens with zero attached hydrogens (tertiary/aromatic N) is 2. The Bertz CT molecular complexity index is 1080. The molecule has 1 aliphatic heterocycles. The molecule has 3 heterocycles. The fraction of sp³-hybridized carbons (Fsp3) is 0.182. The summed E-state index contributed by atoms with van der Waals surface area (Å²) >= 11 is 1.69. The van der Waals surface area contributed by atoms with Crippen LogP contribution in [-0.2, 0) is 17.8 Å². The van der Waals surface area contributed by atoms with Gasteiger partial charge in [-0.3, -0.25) is 4.98 Å². The topological polar surface area (TPSA) is 47.0 Å². The van der Waals surface area contributed by atoms with Crippen LogP contribution in [0.1, 0.15) is 11.1 Å². The van der Waals surface area contributed by atoms with Crippen LogP contribution < -0.4 is 5.32 Å². The van der Waals surface area contributed by atoms with Crippen LogP contribution in [0.2, 0.25) is 0 Å². The Labute approximate surface area is 161 Å². The number of benzene rings is 2. The van der Waals surface area contributed by atoms with Gasteiger partial charge >= 0.3 is 0 Å². The van der Waals surface area contributed by atoms with Crippen LogP contribution in [0, 0.1) is 0 Å². The van der Waals surface area contributed by atoms with Crippen molar-refractivity contribution in [2.24, 2.45) is 0 Å². The summed E-state index contributed by atoms with van der Waals surface area (Å²) < 4.78 is 7.17. The van der Waals surface area contributed by atoms with Gasteiger partial charge in [0.15, 0.2) is 5.13 Å². The SMILES string of the molecule is c1ccc2c(c1)COC(CNc1nc3ccc(-c4ccncc4)cc3s1)C2. The lowest BCUT2D eigenvalue weighted by molar-refractivity contribution is 0.0371. The highest BCUT2D eigenvalue weighted by Gasteiger charge is 2.19. The van der Waals surface area contributed by atoms with E-state index in [0.717, 1.165) is 23.6 Å². The summed E-state index contributed by atoms with van der Waals surface area (Å²) in [6.07, 6.45) is 4.77. The first-order valence-electron chi connectivity index (χ1n) is 9.08. The fourth-order valence-corrected chi connectivity index (χ4v) is 4.38. The van der Waals surface area contributed by atoms with Crippen molar-refractivity contribution in [2.75, 3.05) is 11.9 Å². The summed E-state index contributed by atoms with van der Waals surface area (Å²) in [5.74, 6) is 0. The first kappa shape index (κ1) is 16.4. The maximum atomic E-state index is 5.99. The third kappa shape index (κ3) is 3.44. The van der Waals surface area contributed by atoms with E-state index in [4.69, 9.17) is 9.72 Å². The van der Waals surface area contributed by atoms with Crippen LogP contribution >= 0.6 is 11.3 Å². The molecule has 0 saturated heterocycles. The Morgan fingerprint density at radius 3 is 2.74 bits per heavy atom. The van der Waals surface area contributed by atoms with E-state index in [1.54, 1.807) is 11.3 Å². The number of thiazole rings is 1. The minimum atomic E-state index is 0.180. The molecular weight excluding hydrogens is 354 g/mol. The van der Waals surface area contributed by atoms with Crippen LogP contribution in [0.4, 0.5) is 5.13 Å². The molecule has 27 heavy (non-hydrogen) atoms. The van der Waals surface area contributed by atoms with Crippen molar-refractivity contribution in [2.45, 2.75) is 19.1 Å². The molecule has 4 aromatic rings. The minimum Gasteiger partial charge on any atom is -0.371 e. The normalized spacial score (nSPS) is 16.2. The number of fused-ring (bicyclic) bond motifs is 2. The molecular formula is C22H19N3OS. The predicted molar refractivity (Wildman–Crippen MR) is 110 cm³/mol. The van der Waals surface area contributed by atoms with E-state index < -0.39 is 0 Å². The first-order chi connectivity index (χ1) is 13.3. The number of rotatable bonds is 4. The van der Waals surface area contributed by atoms with Crippen molar-refractivity contribution in [1.29, 1.82) is 0 Å². The zero-order valence-corrected chi connectivity index (χ0v) is 15.6. The lowest BCUT2D eigenvalue weighted by Gasteiger charge is -2.25. The number of anilines is 1. The summed E-state index contributed by atoms with van der Waals surface area (Å²) in [6.45, 7) is 1.46. The lowest BCUT2D eigenvalue weighted by atomic mass is 9.99. The van der Waals surface area contributed by atoms with E-state index in [1.165, 1.54) is 27.0 Å². The smallest absolute Gasteiger partial charge is 0.183 e.